The van der Waals surface area contributed by atoms with Crippen LogP contribution in [0, 0.1) is 0 Å². The maximum atomic E-state index is 13.3. The normalized spacial score (nSPS) is 14.5. The quantitative estimate of drug-likeness (QED) is 0.582. The Morgan fingerprint density at radius 2 is 1.87 bits per heavy atom. The van der Waals surface area contributed by atoms with E-state index in [1.165, 1.54) is 7.05 Å². The van der Waals surface area contributed by atoms with E-state index in [-0.39, 0.29) is 5.91 Å². The Bertz CT molecular complexity index is 972. The first-order valence-electron chi connectivity index (χ1n) is 10.3. The number of nitrogens with two attached hydrogens (primary N) is 1. The molecule has 0 bridgehead atoms. The van der Waals surface area contributed by atoms with Crippen LogP contribution in [-0.4, -0.2) is 75.8 Å². The van der Waals surface area contributed by atoms with Crippen LogP contribution >= 0.6 is 0 Å². The molecule has 1 aliphatic heterocycles. The van der Waals surface area contributed by atoms with Crippen LogP contribution in [0.15, 0.2) is 30.4 Å². The maximum absolute atomic E-state index is 13.3. The van der Waals surface area contributed by atoms with Crippen LogP contribution in [0.25, 0.3) is 11.3 Å². The SMILES string of the molecule is C=C1c2ccc(OC)cc2C(C)=C(C(=O)N(C)CCCCN(C)S(N)(=O)=O)CN1CC. The largest absolute Gasteiger partial charge is 0.497 e. The number of methoxy groups -OCH3 is 1. The number of rotatable bonds is 9. The molecule has 0 saturated heterocycles. The number of benzene rings is 1. The minimum atomic E-state index is -3.68. The van der Waals surface area contributed by atoms with Crippen molar-refractivity contribution in [1.82, 2.24) is 14.1 Å². The number of nitrogens with zero attached hydrogens (tertiary/aromatic N) is 3. The zero-order valence-electron chi connectivity index (χ0n) is 19.1. The summed E-state index contributed by atoms with van der Waals surface area (Å²) in [5.41, 5.74) is 4.47. The molecule has 0 aliphatic carbocycles. The number of ether oxygens (including phenoxy) is 1. The van der Waals surface area contributed by atoms with Crippen LogP contribution < -0.4 is 9.88 Å². The highest BCUT2D eigenvalue weighted by Gasteiger charge is 2.27. The van der Waals surface area contributed by atoms with Crippen LogP contribution in [0.1, 0.15) is 37.8 Å². The van der Waals surface area contributed by atoms with Crippen LogP contribution in [0.5, 0.6) is 5.75 Å². The van der Waals surface area contributed by atoms with Crippen molar-refractivity contribution in [2.24, 2.45) is 5.14 Å². The summed E-state index contributed by atoms with van der Waals surface area (Å²) in [4.78, 5) is 17.1. The van der Waals surface area contributed by atoms with Gasteiger partial charge >= 0.3 is 0 Å². The molecule has 1 heterocycles. The van der Waals surface area contributed by atoms with Crippen molar-refractivity contribution < 1.29 is 17.9 Å². The summed E-state index contributed by atoms with van der Waals surface area (Å²) < 4.78 is 29.1. The fraction of sp³-hybridized carbons (Fsp3) is 0.500. The molecule has 0 saturated carbocycles. The lowest BCUT2D eigenvalue weighted by molar-refractivity contribution is -0.126. The number of allylic oxidation sites excluding steroid dienone is 1. The molecule has 0 spiro atoms. The third kappa shape index (κ3) is 5.87. The lowest BCUT2D eigenvalue weighted by Crippen LogP contribution is -2.35. The van der Waals surface area contributed by atoms with Crippen LogP contribution in [0.3, 0.4) is 0 Å². The summed E-state index contributed by atoms with van der Waals surface area (Å²) in [7, 11) is 1.17. The van der Waals surface area contributed by atoms with E-state index in [4.69, 9.17) is 9.88 Å². The topological polar surface area (TPSA) is 96.2 Å². The Morgan fingerprint density at radius 1 is 1.23 bits per heavy atom. The molecular weight excluding hydrogens is 416 g/mol. The third-order valence-corrected chi connectivity index (χ3v) is 6.81. The zero-order valence-corrected chi connectivity index (χ0v) is 20.0. The minimum absolute atomic E-state index is 0.0424. The average Bonchev–Trinajstić information content (AvgIpc) is 2.84. The summed E-state index contributed by atoms with van der Waals surface area (Å²) in [6.45, 7) is 10.3. The van der Waals surface area contributed by atoms with Crippen molar-refractivity contribution in [3.8, 4) is 5.75 Å². The molecule has 1 amide bonds. The summed E-state index contributed by atoms with van der Waals surface area (Å²) in [5, 5.41) is 5.10. The van der Waals surface area contributed by atoms with Crippen LogP contribution in [0.2, 0.25) is 0 Å². The predicted octanol–water partition coefficient (Wildman–Crippen LogP) is 2.15. The van der Waals surface area contributed by atoms with Crippen molar-refractivity contribution >= 4 is 27.4 Å². The first-order chi connectivity index (χ1) is 14.5. The monoisotopic (exact) mass is 450 g/mol. The molecule has 0 aromatic heterocycles. The molecule has 1 aromatic carbocycles. The minimum Gasteiger partial charge on any atom is -0.497 e. The van der Waals surface area contributed by atoms with Gasteiger partial charge in [-0.25, -0.2) is 5.14 Å². The fourth-order valence-corrected chi connectivity index (χ4v) is 4.01. The van der Waals surface area contributed by atoms with Gasteiger partial charge in [0.2, 0.25) is 0 Å². The molecule has 31 heavy (non-hydrogen) atoms. The molecule has 2 N–H and O–H groups in total. The number of carbonyl (C=O) groups is 1. The lowest BCUT2D eigenvalue weighted by atomic mass is 9.96. The molecule has 172 valence electrons. The van der Waals surface area contributed by atoms with Gasteiger partial charge in [-0.15, -0.1) is 0 Å². The Kier molecular flexibility index (Phi) is 8.27. The molecular formula is C22H34N4O4S. The molecule has 0 unspecified atom stereocenters. The molecule has 0 radical (unpaired) electrons. The van der Waals surface area contributed by atoms with Crippen molar-refractivity contribution in [1.29, 1.82) is 0 Å². The third-order valence-electron chi connectivity index (χ3n) is 5.76. The number of likely N-dealkylation sites (N-methyl/N-ethyl adjacent to an activating group) is 2. The second-order valence-corrected chi connectivity index (χ2v) is 9.43. The van der Waals surface area contributed by atoms with Gasteiger partial charge in [-0.05, 0) is 56.0 Å². The standard InChI is InChI=1S/C22H34N4O4S/c1-7-26-15-21(16(2)20-14-18(30-6)10-11-19(20)17(26)3)22(27)24(4)12-8-9-13-25(5)31(23,28)29/h10-11,14H,3,7-9,12-13,15H2,1-2,4-6H3,(H2,23,28,29). The molecule has 0 atom stereocenters. The van der Waals surface area contributed by atoms with E-state index in [1.54, 1.807) is 19.1 Å². The lowest BCUT2D eigenvalue weighted by Gasteiger charge is -2.26. The van der Waals surface area contributed by atoms with Gasteiger partial charge in [-0.2, -0.15) is 12.7 Å². The van der Waals surface area contributed by atoms with E-state index in [9.17, 15) is 13.2 Å². The average molecular weight is 451 g/mol. The molecule has 8 nitrogen and oxygen atoms in total. The zero-order chi connectivity index (χ0) is 23.3. The Morgan fingerprint density at radius 3 is 2.45 bits per heavy atom. The van der Waals surface area contributed by atoms with E-state index in [2.05, 4.69) is 11.5 Å². The molecule has 2 rings (SSSR count). The van der Waals surface area contributed by atoms with Gasteiger partial charge < -0.3 is 14.5 Å². The Balaban J connectivity index is 2.21. The second-order valence-electron chi connectivity index (χ2n) is 7.78. The highest BCUT2D eigenvalue weighted by Crippen LogP contribution is 2.35. The number of carbonyl (C=O) groups excluding carboxylic acids is 1. The molecule has 1 aromatic rings. The van der Waals surface area contributed by atoms with Gasteiger partial charge in [-0.1, -0.05) is 6.58 Å². The van der Waals surface area contributed by atoms with Crippen LogP contribution in [0.4, 0.5) is 0 Å². The van der Waals surface area contributed by atoms with E-state index >= 15 is 0 Å². The predicted molar refractivity (Wildman–Crippen MR) is 124 cm³/mol. The van der Waals surface area contributed by atoms with Gasteiger partial charge in [0.15, 0.2) is 0 Å². The van der Waals surface area contributed by atoms with E-state index in [0.29, 0.717) is 32.5 Å². The number of amides is 1. The van der Waals surface area contributed by atoms with E-state index in [0.717, 1.165) is 44.6 Å². The number of unbranched alkanes of at least 4 members (excludes halogenated alkanes) is 1. The number of fused-ring (bicyclic) bond motifs is 1. The summed E-state index contributed by atoms with van der Waals surface area (Å²) in [6, 6.07) is 5.84. The highest BCUT2D eigenvalue weighted by molar-refractivity contribution is 7.86. The van der Waals surface area contributed by atoms with Crippen molar-refractivity contribution in [2.75, 3.05) is 47.4 Å². The Labute approximate surface area is 186 Å². The van der Waals surface area contributed by atoms with Crippen molar-refractivity contribution in [2.45, 2.75) is 26.7 Å². The highest BCUT2D eigenvalue weighted by atomic mass is 32.2. The van der Waals surface area contributed by atoms with Gasteiger partial charge in [0, 0.05) is 57.1 Å². The van der Waals surface area contributed by atoms with E-state index < -0.39 is 10.2 Å². The van der Waals surface area contributed by atoms with Gasteiger partial charge in [-0.3, -0.25) is 4.79 Å². The molecule has 0 fully saturated rings. The number of hydrogen-bond acceptors (Lipinski definition) is 5. The summed E-state index contributed by atoms with van der Waals surface area (Å²) in [5.74, 6) is 0.689. The molecule has 9 heteroatoms. The number of hydrogen-bond donors (Lipinski definition) is 1. The summed E-state index contributed by atoms with van der Waals surface area (Å²) >= 11 is 0. The first-order valence-corrected chi connectivity index (χ1v) is 11.8. The van der Waals surface area contributed by atoms with Gasteiger partial charge in [0.1, 0.15) is 5.75 Å². The van der Waals surface area contributed by atoms with Crippen molar-refractivity contribution in [3.63, 3.8) is 0 Å². The van der Waals surface area contributed by atoms with Crippen LogP contribution in [-0.2, 0) is 15.0 Å². The van der Waals surface area contributed by atoms with E-state index in [1.807, 2.05) is 32.0 Å². The maximum Gasteiger partial charge on any atom is 0.276 e. The van der Waals surface area contributed by atoms with Gasteiger partial charge in [0.05, 0.1) is 7.11 Å². The smallest absolute Gasteiger partial charge is 0.276 e. The molecule has 1 aliphatic rings. The fourth-order valence-electron chi connectivity index (χ4n) is 3.62. The van der Waals surface area contributed by atoms with Crippen molar-refractivity contribution in [3.05, 3.63) is 41.5 Å². The van der Waals surface area contributed by atoms with Gasteiger partial charge in [0.25, 0.3) is 16.1 Å². The second kappa shape index (κ2) is 10.3. The first kappa shape index (κ1) is 24.9. The Hall–Kier alpha value is -2.36. The summed E-state index contributed by atoms with van der Waals surface area (Å²) in [6.07, 6.45) is 1.28.